The predicted octanol–water partition coefficient (Wildman–Crippen LogP) is 2.72. The molecule has 0 saturated carbocycles. The Bertz CT molecular complexity index is 512. The van der Waals surface area contributed by atoms with Crippen molar-refractivity contribution in [2.75, 3.05) is 0 Å². The van der Waals surface area contributed by atoms with Crippen LogP contribution in [-0.4, -0.2) is 11.0 Å². The summed E-state index contributed by atoms with van der Waals surface area (Å²) in [5, 5.41) is 3.92. The van der Waals surface area contributed by atoms with Crippen LogP contribution in [0.2, 0.25) is 5.02 Å². The molecule has 18 heavy (non-hydrogen) atoms. The van der Waals surface area contributed by atoms with Gasteiger partial charge in [0, 0.05) is 28.6 Å². The molecule has 2 aromatic rings. The molecule has 1 atom stereocenters. The van der Waals surface area contributed by atoms with E-state index in [1.54, 1.807) is 11.3 Å². The minimum atomic E-state index is 0.175. The van der Waals surface area contributed by atoms with Crippen LogP contribution in [0.15, 0.2) is 29.6 Å². The third-order valence-electron chi connectivity index (χ3n) is 2.69. The Hall–Kier alpha value is -0.940. The number of nitrogens with one attached hydrogen (secondary N) is 1. The summed E-state index contributed by atoms with van der Waals surface area (Å²) in [5.74, 6) is 5.61. The van der Waals surface area contributed by atoms with E-state index in [-0.39, 0.29) is 6.04 Å². The van der Waals surface area contributed by atoms with Gasteiger partial charge >= 0.3 is 0 Å². The van der Waals surface area contributed by atoms with Crippen LogP contribution in [-0.2, 0) is 12.8 Å². The number of hydrazine groups is 1. The van der Waals surface area contributed by atoms with Gasteiger partial charge in [-0.15, -0.1) is 11.3 Å². The zero-order valence-electron chi connectivity index (χ0n) is 10.2. The Labute approximate surface area is 116 Å². The fourth-order valence-electron chi connectivity index (χ4n) is 1.85. The molecule has 3 N–H and O–H groups in total. The van der Waals surface area contributed by atoms with Gasteiger partial charge < -0.3 is 0 Å². The molecule has 0 amide bonds. The molecule has 1 unspecified atom stereocenters. The number of hydrogen-bond acceptors (Lipinski definition) is 4. The maximum Gasteiger partial charge on any atom is 0.0944 e. The molecular formula is C13H16ClN3S. The molecule has 96 valence electrons. The van der Waals surface area contributed by atoms with Gasteiger partial charge in [0.25, 0.3) is 0 Å². The summed E-state index contributed by atoms with van der Waals surface area (Å²) in [6, 6.07) is 8.04. The molecule has 2 rings (SSSR count). The molecule has 0 fully saturated rings. The van der Waals surface area contributed by atoms with Crippen molar-refractivity contribution in [1.82, 2.24) is 10.4 Å². The Morgan fingerprint density at radius 2 is 2.28 bits per heavy atom. The van der Waals surface area contributed by atoms with Crippen LogP contribution < -0.4 is 11.3 Å². The van der Waals surface area contributed by atoms with Gasteiger partial charge in [-0.25, -0.2) is 4.98 Å². The predicted molar refractivity (Wildman–Crippen MR) is 76.8 cm³/mol. The summed E-state index contributed by atoms with van der Waals surface area (Å²) >= 11 is 7.65. The normalized spacial score (nSPS) is 12.6. The number of hydrogen-bond donors (Lipinski definition) is 2. The van der Waals surface area contributed by atoms with Crippen LogP contribution in [0.5, 0.6) is 0 Å². The van der Waals surface area contributed by atoms with E-state index >= 15 is 0 Å². The smallest absolute Gasteiger partial charge is 0.0944 e. The Morgan fingerprint density at radius 3 is 2.89 bits per heavy atom. The van der Waals surface area contributed by atoms with E-state index in [1.165, 1.54) is 5.56 Å². The number of aromatic nitrogens is 1. The monoisotopic (exact) mass is 281 g/mol. The van der Waals surface area contributed by atoms with Gasteiger partial charge in [-0.05, 0) is 31.0 Å². The van der Waals surface area contributed by atoms with Crippen molar-refractivity contribution in [2.45, 2.75) is 25.8 Å². The lowest BCUT2D eigenvalue weighted by atomic mass is 10.0. The first kappa shape index (κ1) is 13.5. The highest BCUT2D eigenvalue weighted by Crippen LogP contribution is 2.15. The molecule has 0 spiro atoms. The quantitative estimate of drug-likeness (QED) is 0.654. The molecule has 3 nitrogen and oxygen atoms in total. The fourth-order valence-corrected chi connectivity index (χ4v) is 2.91. The molecule has 5 heteroatoms. The Morgan fingerprint density at radius 1 is 1.44 bits per heavy atom. The number of nitrogens with zero attached hydrogens (tertiary/aromatic N) is 1. The average molecular weight is 282 g/mol. The average Bonchev–Trinajstić information content (AvgIpc) is 2.74. The van der Waals surface area contributed by atoms with Gasteiger partial charge in [0.15, 0.2) is 0 Å². The van der Waals surface area contributed by atoms with Gasteiger partial charge in [-0.1, -0.05) is 23.7 Å². The number of halogens is 1. The summed E-state index contributed by atoms with van der Waals surface area (Å²) in [7, 11) is 0. The first-order chi connectivity index (χ1) is 8.67. The largest absolute Gasteiger partial charge is 0.271 e. The molecule has 0 aliphatic rings. The van der Waals surface area contributed by atoms with E-state index in [0.29, 0.717) is 0 Å². The van der Waals surface area contributed by atoms with Gasteiger partial charge in [-0.3, -0.25) is 11.3 Å². The van der Waals surface area contributed by atoms with E-state index in [1.807, 2.05) is 25.1 Å². The summed E-state index contributed by atoms with van der Waals surface area (Å²) in [4.78, 5) is 4.45. The van der Waals surface area contributed by atoms with Gasteiger partial charge in [-0.2, -0.15) is 0 Å². The highest BCUT2D eigenvalue weighted by Gasteiger charge is 2.11. The second-order valence-electron chi connectivity index (χ2n) is 4.28. The number of aryl methyl sites for hydroxylation is 1. The lowest BCUT2D eigenvalue weighted by molar-refractivity contribution is 0.521. The lowest BCUT2D eigenvalue weighted by Crippen LogP contribution is -2.38. The maximum atomic E-state index is 5.97. The Balaban J connectivity index is 2.01. The van der Waals surface area contributed by atoms with E-state index < -0.39 is 0 Å². The first-order valence-corrected chi connectivity index (χ1v) is 7.04. The minimum absolute atomic E-state index is 0.175. The Kier molecular flexibility index (Phi) is 4.72. The number of nitrogens with two attached hydrogens (primary N) is 1. The van der Waals surface area contributed by atoms with Crippen LogP contribution >= 0.6 is 22.9 Å². The van der Waals surface area contributed by atoms with Gasteiger partial charge in [0.2, 0.25) is 0 Å². The molecule has 0 radical (unpaired) electrons. The van der Waals surface area contributed by atoms with Crippen LogP contribution in [0.3, 0.4) is 0 Å². The highest BCUT2D eigenvalue weighted by molar-refractivity contribution is 7.09. The summed E-state index contributed by atoms with van der Waals surface area (Å²) < 4.78 is 0. The fraction of sp³-hybridized carbons (Fsp3) is 0.308. The summed E-state index contributed by atoms with van der Waals surface area (Å²) in [6.07, 6.45) is 1.68. The van der Waals surface area contributed by atoms with Crippen molar-refractivity contribution in [2.24, 2.45) is 5.84 Å². The van der Waals surface area contributed by atoms with Crippen molar-refractivity contribution in [1.29, 1.82) is 0 Å². The van der Waals surface area contributed by atoms with E-state index in [2.05, 4.69) is 21.9 Å². The molecule has 1 aromatic carbocycles. The standard InChI is InChI=1S/C13H16ClN3S/c1-9-8-18-13(16-9)7-12(17-15)6-10-3-2-4-11(14)5-10/h2-5,8,12,17H,6-7,15H2,1H3. The van der Waals surface area contributed by atoms with Crippen molar-refractivity contribution in [3.63, 3.8) is 0 Å². The molecular weight excluding hydrogens is 266 g/mol. The number of benzene rings is 1. The first-order valence-electron chi connectivity index (χ1n) is 5.79. The van der Waals surface area contributed by atoms with Crippen molar-refractivity contribution in [3.05, 3.63) is 50.9 Å². The van der Waals surface area contributed by atoms with Crippen LogP contribution in [0.1, 0.15) is 16.3 Å². The second-order valence-corrected chi connectivity index (χ2v) is 5.66. The van der Waals surface area contributed by atoms with E-state index in [9.17, 15) is 0 Å². The number of rotatable bonds is 5. The van der Waals surface area contributed by atoms with Crippen LogP contribution in [0, 0.1) is 6.92 Å². The van der Waals surface area contributed by atoms with Crippen LogP contribution in [0.4, 0.5) is 0 Å². The van der Waals surface area contributed by atoms with Crippen molar-refractivity contribution >= 4 is 22.9 Å². The molecule has 1 heterocycles. The molecule has 0 saturated heterocycles. The maximum absolute atomic E-state index is 5.97. The second kappa shape index (κ2) is 6.29. The van der Waals surface area contributed by atoms with E-state index in [0.717, 1.165) is 28.6 Å². The molecule has 1 aromatic heterocycles. The van der Waals surface area contributed by atoms with E-state index in [4.69, 9.17) is 17.4 Å². The zero-order chi connectivity index (χ0) is 13.0. The minimum Gasteiger partial charge on any atom is -0.271 e. The molecule has 0 aliphatic heterocycles. The number of thiazole rings is 1. The summed E-state index contributed by atoms with van der Waals surface area (Å²) in [5.41, 5.74) is 5.09. The third-order valence-corrected chi connectivity index (χ3v) is 3.92. The summed E-state index contributed by atoms with van der Waals surface area (Å²) in [6.45, 7) is 2.00. The zero-order valence-corrected chi connectivity index (χ0v) is 11.8. The van der Waals surface area contributed by atoms with Gasteiger partial charge in [0.1, 0.15) is 0 Å². The molecule has 0 bridgehead atoms. The topological polar surface area (TPSA) is 50.9 Å². The highest BCUT2D eigenvalue weighted by atomic mass is 35.5. The van der Waals surface area contributed by atoms with Crippen LogP contribution in [0.25, 0.3) is 0 Å². The van der Waals surface area contributed by atoms with Gasteiger partial charge in [0.05, 0.1) is 5.01 Å². The lowest BCUT2D eigenvalue weighted by Gasteiger charge is -2.14. The third kappa shape index (κ3) is 3.78. The van der Waals surface area contributed by atoms with Crippen molar-refractivity contribution < 1.29 is 0 Å². The molecule has 0 aliphatic carbocycles. The SMILES string of the molecule is Cc1csc(CC(Cc2cccc(Cl)c2)NN)n1. The van der Waals surface area contributed by atoms with Crippen molar-refractivity contribution in [3.8, 4) is 0 Å².